The van der Waals surface area contributed by atoms with E-state index in [4.69, 9.17) is 0 Å². The molecule has 1 aromatic carbocycles. The maximum Gasteiger partial charge on any atom is 0.256 e. The van der Waals surface area contributed by atoms with Crippen LogP contribution in [0.15, 0.2) is 42.7 Å². The Kier molecular flexibility index (Phi) is 17.5. The number of nitrogens with zero attached hydrogens (tertiary/aromatic N) is 2. The van der Waals surface area contributed by atoms with Crippen molar-refractivity contribution in [3.05, 3.63) is 54.1 Å². The molecule has 0 atom stereocenters. The highest BCUT2D eigenvalue weighted by Gasteiger charge is 2.17. The fourth-order valence-corrected chi connectivity index (χ4v) is 5.28. The van der Waals surface area contributed by atoms with Gasteiger partial charge < -0.3 is 0 Å². The third-order valence-corrected chi connectivity index (χ3v) is 7.54. The first-order valence-corrected chi connectivity index (χ1v) is 15.5. The normalized spacial score (nSPS) is 11.4. The van der Waals surface area contributed by atoms with Crippen LogP contribution >= 0.6 is 0 Å². The van der Waals surface area contributed by atoms with Crippen LogP contribution < -0.4 is 4.57 Å². The maximum absolute atomic E-state index is 2.57. The average molecular weight is 482 g/mol. The highest BCUT2D eigenvalue weighted by atomic mass is 15.1. The third kappa shape index (κ3) is 13.9. The van der Waals surface area contributed by atoms with E-state index in [-0.39, 0.29) is 0 Å². The predicted molar refractivity (Wildman–Crippen MR) is 153 cm³/mol. The van der Waals surface area contributed by atoms with E-state index in [0.29, 0.717) is 0 Å². The van der Waals surface area contributed by atoms with Crippen molar-refractivity contribution < 1.29 is 4.57 Å². The van der Waals surface area contributed by atoms with Crippen LogP contribution in [-0.2, 0) is 19.5 Å². The third-order valence-electron chi connectivity index (χ3n) is 7.54. The zero-order valence-electron chi connectivity index (χ0n) is 23.5. The second kappa shape index (κ2) is 20.6. The first-order valence-electron chi connectivity index (χ1n) is 15.5. The van der Waals surface area contributed by atoms with Gasteiger partial charge in [-0.3, -0.25) is 0 Å². The zero-order chi connectivity index (χ0) is 24.8. The van der Waals surface area contributed by atoms with Crippen molar-refractivity contribution in [3.63, 3.8) is 0 Å². The lowest BCUT2D eigenvalue weighted by molar-refractivity contribution is -0.704. The second-order valence-electron chi connectivity index (χ2n) is 10.8. The minimum atomic E-state index is 0.999. The molecule has 198 valence electrons. The molecule has 2 heteroatoms. The van der Waals surface area contributed by atoms with Crippen LogP contribution in [0.5, 0.6) is 0 Å². The number of hydrogen-bond acceptors (Lipinski definition) is 0. The molecule has 0 unspecified atom stereocenters. The minimum absolute atomic E-state index is 0.999. The van der Waals surface area contributed by atoms with Crippen LogP contribution in [0.3, 0.4) is 0 Å². The Hall–Kier alpha value is -1.57. The van der Waals surface area contributed by atoms with E-state index < -0.39 is 0 Å². The lowest BCUT2D eigenvalue weighted by atomic mass is 10.1. The molecule has 1 aromatic heterocycles. The average Bonchev–Trinajstić information content (AvgIpc) is 3.25. The molecular formula is C33H57N2+. The molecule has 0 saturated heterocycles. The van der Waals surface area contributed by atoms with Gasteiger partial charge in [0.05, 0.1) is 6.54 Å². The van der Waals surface area contributed by atoms with Crippen LogP contribution in [0.25, 0.3) is 0 Å². The topological polar surface area (TPSA) is 8.81 Å². The molecule has 0 spiro atoms. The lowest BCUT2D eigenvalue weighted by Gasteiger charge is -2.07. The van der Waals surface area contributed by atoms with Crippen LogP contribution in [0.2, 0.25) is 0 Å². The first kappa shape index (κ1) is 29.7. The Morgan fingerprint density at radius 3 is 1.60 bits per heavy atom. The molecule has 2 nitrogen and oxygen atoms in total. The predicted octanol–water partition coefficient (Wildman–Crippen LogP) is 9.82. The monoisotopic (exact) mass is 481 g/mol. The van der Waals surface area contributed by atoms with Crippen molar-refractivity contribution >= 4 is 0 Å². The largest absolute Gasteiger partial charge is 0.256 e. The molecule has 0 fully saturated rings. The molecule has 2 rings (SSSR count). The molecule has 0 aliphatic heterocycles. The smallest absolute Gasteiger partial charge is 0.234 e. The molecule has 0 saturated carbocycles. The van der Waals surface area contributed by atoms with Crippen molar-refractivity contribution in [2.24, 2.45) is 0 Å². The van der Waals surface area contributed by atoms with Gasteiger partial charge in [0.1, 0.15) is 18.9 Å². The number of aromatic nitrogens is 2. The van der Waals surface area contributed by atoms with Gasteiger partial charge in [-0.2, -0.15) is 0 Å². The standard InChI is InChI=1S/C33H57N2/c1-3-5-7-9-11-13-15-17-19-24-28-34-29-30-35(31-32-25-21-20-22-26-32)33(34)27-23-18-16-14-12-10-8-6-4-2/h20-22,25-26,29-30H,3-19,23-24,27-28,31H2,1-2H3/q+1. The van der Waals surface area contributed by atoms with Crippen LogP contribution in [0.4, 0.5) is 0 Å². The summed E-state index contributed by atoms with van der Waals surface area (Å²) in [4.78, 5) is 0. The number of hydrogen-bond donors (Lipinski definition) is 0. The second-order valence-corrected chi connectivity index (χ2v) is 10.8. The van der Waals surface area contributed by atoms with Crippen LogP contribution in [0.1, 0.15) is 147 Å². The van der Waals surface area contributed by atoms with Crippen molar-refractivity contribution in [2.75, 3.05) is 0 Å². The molecule has 1 heterocycles. The summed E-state index contributed by atoms with van der Waals surface area (Å²) >= 11 is 0. The van der Waals surface area contributed by atoms with Crippen molar-refractivity contribution in [1.82, 2.24) is 4.57 Å². The van der Waals surface area contributed by atoms with E-state index in [1.165, 1.54) is 146 Å². The van der Waals surface area contributed by atoms with Crippen molar-refractivity contribution in [3.8, 4) is 0 Å². The van der Waals surface area contributed by atoms with Crippen LogP contribution in [0, 0.1) is 0 Å². The molecule has 0 aliphatic rings. The fourth-order valence-electron chi connectivity index (χ4n) is 5.28. The van der Waals surface area contributed by atoms with E-state index in [0.717, 1.165) is 6.54 Å². The summed E-state index contributed by atoms with van der Waals surface area (Å²) in [5.74, 6) is 1.53. The summed E-state index contributed by atoms with van der Waals surface area (Å²) in [6.07, 6.45) is 32.6. The van der Waals surface area contributed by atoms with Gasteiger partial charge in [-0.05, 0) is 24.8 Å². The molecular weight excluding hydrogens is 424 g/mol. The molecule has 0 radical (unpaired) electrons. The molecule has 0 aliphatic carbocycles. The summed E-state index contributed by atoms with van der Waals surface area (Å²) in [6, 6.07) is 11.0. The maximum atomic E-state index is 2.57. The Morgan fingerprint density at radius 2 is 1.06 bits per heavy atom. The fraction of sp³-hybridized carbons (Fsp3) is 0.727. The van der Waals surface area contributed by atoms with E-state index in [1.54, 1.807) is 0 Å². The van der Waals surface area contributed by atoms with Gasteiger partial charge >= 0.3 is 0 Å². The number of unbranched alkanes of at least 4 members (excludes halogenated alkanes) is 17. The SMILES string of the molecule is CCCCCCCCCCCC[n+]1ccn(Cc2ccccc2)c1CCCCCCCCCCC. The van der Waals surface area contributed by atoms with E-state index in [1.807, 2.05) is 0 Å². The van der Waals surface area contributed by atoms with E-state index in [2.05, 4.69) is 65.7 Å². The molecule has 0 amide bonds. The molecule has 2 aromatic rings. The summed E-state index contributed by atoms with van der Waals surface area (Å²) in [5, 5.41) is 0. The number of benzene rings is 1. The summed E-state index contributed by atoms with van der Waals surface area (Å²) in [6.45, 7) is 6.79. The van der Waals surface area contributed by atoms with Gasteiger partial charge in [0.2, 0.25) is 0 Å². The Labute approximate surface area is 218 Å². The number of rotatable bonds is 23. The lowest BCUT2D eigenvalue weighted by Crippen LogP contribution is -2.37. The number of imidazole rings is 1. The van der Waals surface area contributed by atoms with Gasteiger partial charge in [0.25, 0.3) is 5.82 Å². The van der Waals surface area contributed by atoms with Gasteiger partial charge in [0, 0.05) is 6.42 Å². The summed E-state index contributed by atoms with van der Waals surface area (Å²) in [7, 11) is 0. The van der Waals surface area contributed by atoms with E-state index >= 15 is 0 Å². The zero-order valence-corrected chi connectivity index (χ0v) is 23.5. The Balaban J connectivity index is 1.72. The van der Waals surface area contributed by atoms with Gasteiger partial charge in [-0.25, -0.2) is 9.13 Å². The minimum Gasteiger partial charge on any atom is -0.234 e. The van der Waals surface area contributed by atoms with Crippen molar-refractivity contribution in [1.29, 1.82) is 0 Å². The molecule has 35 heavy (non-hydrogen) atoms. The van der Waals surface area contributed by atoms with Gasteiger partial charge in [-0.1, -0.05) is 147 Å². The number of aryl methyl sites for hydroxylation is 1. The highest BCUT2D eigenvalue weighted by molar-refractivity contribution is 5.15. The summed E-state index contributed by atoms with van der Waals surface area (Å²) in [5.41, 5.74) is 1.41. The Morgan fingerprint density at radius 1 is 0.571 bits per heavy atom. The van der Waals surface area contributed by atoms with Gasteiger partial charge in [-0.15, -0.1) is 0 Å². The summed E-state index contributed by atoms with van der Waals surface area (Å²) < 4.78 is 5.08. The van der Waals surface area contributed by atoms with Crippen LogP contribution in [-0.4, -0.2) is 4.57 Å². The highest BCUT2D eigenvalue weighted by Crippen LogP contribution is 2.14. The van der Waals surface area contributed by atoms with Gasteiger partial charge in [0.15, 0.2) is 0 Å². The first-order chi connectivity index (χ1) is 17.3. The Bertz CT molecular complexity index is 718. The molecule has 0 N–H and O–H groups in total. The van der Waals surface area contributed by atoms with Crippen molar-refractivity contribution in [2.45, 2.75) is 155 Å². The quantitative estimate of drug-likeness (QED) is 0.110. The van der Waals surface area contributed by atoms with E-state index in [9.17, 15) is 0 Å². The molecule has 0 bridgehead atoms.